The van der Waals surface area contributed by atoms with Gasteiger partial charge < -0.3 is 15.0 Å². The van der Waals surface area contributed by atoms with E-state index in [1.165, 1.54) is 0 Å². The van der Waals surface area contributed by atoms with Crippen molar-refractivity contribution in [1.29, 1.82) is 0 Å². The smallest absolute Gasteiger partial charge is 0.409 e. The Labute approximate surface area is 125 Å². The third-order valence-electron chi connectivity index (χ3n) is 3.40. The van der Waals surface area contributed by atoms with E-state index in [2.05, 4.69) is 5.32 Å². The monoisotopic (exact) mass is 290 g/mol. The molecule has 0 aromatic heterocycles. The third kappa shape index (κ3) is 4.48. The Morgan fingerprint density at radius 3 is 2.71 bits per heavy atom. The molecule has 5 heteroatoms. The average molecular weight is 290 g/mol. The third-order valence-corrected chi connectivity index (χ3v) is 3.40. The Hall–Kier alpha value is -2.04. The Bertz CT molecular complexity index is 488. The van der Waals surface area contributed by atoms with Crippen molar-refractivity contribution in [3.8, 4) is 0 Å². The van der Waals surface area contributed by atoms with Crippen molar-refractivity contribution < 1.29 is 14.3 Å². The highest BCUT2D eigenvalue weighted by atomic mass is 16.6. The second-order valence-corrected chi connectivity index (χ2v) is 5.76. The number of nitrogens with zero attached hydrogens (tertiary/aromatic N) is 1. The highest BCUT2D eigenvalue weighted by molar-refractivity contribution is 5.93. The Balaban J connectivity index is 1.81. The second-order valence-electron chi connectivity index (χ2n) is 5.76. The van der Waals surface area contributed by atoms with Crippen LogP contribution in [0.4, 0.5) is 10.5 Å². The van der Waals surface area contributed by atoms with Crippen molar-refractivity contribution in [2.75, 3.05) is 25.0 Å². The van der Waals surface area contributed by atoms with Crippen LogP contribution in [-0.2, 0) is 9.53 Å². The summed E-state index contributed by atoms with van der Waals surface area (Å²) >= 11 is 0. The molecule has 1 aromatic rings. The molecule has 114 valence electrons. The SMILES string of the molecule is CC(C)COC(=O)N1CCC(C(=O)Nc2ccccc2)C1. The molecule has 1 fully saturated rings. The molecule has 0 aliphatic carbocycles. The summed E-state index contributed by atoms with van der Waals surface area (Å²) in [5.41, 5.74) is 0.781. The van der Waals surface area contributed by atoms with E-state index in [9.17, 15) is 9.59 Å². The van der Waals surface area contributed by atoms with Crippen LogP contribution in [0.15, 0.2) is 30.3 Å². The fraction of sp³-hybridized carbons (Fsp3) is 0.500. The first kappa shape index (κ1) is 15.4. The second kappa shape index (κ2) is 7.11. The van der Waals surface area contributed by atoms with E-state index in [4.69, 9.17) is 4.74 Å². The van der Waals surface area contributed by atoms with Crippen molar-refractivity contribution >= 4 is 17.7 Å². The minimum atomic E-state index is -0.321. The van der Waals surface area contributed by atoms with Gasteiger partial charge in [-0.2, -0.15) is 0 Å². The van der Waals surface area contributed by atoms with Crippen LogP contribution in [0.2, 0.25) is 0 Å². The Morgan fingerprint density at radius 2 is 2.05 bits per heavy atom. The molecule has 0 saturated carbocycles. The number of amides is 2. The number of hydrogen-bond donors (Lipinski definition) is 1. The molecule has 1 aromatic carbocycles. The molecule has 1 unspecified atom stereocenters. The van der Waals surface area contributed by atoms with E-state index < -0.39 is 0 Å². The highest BCUT2D eigenvalue weighted by Gasteiger charge is 2.31. The number of benzene rings is 1. The van der Waals surface area contributed by atoms with Crippen LogP contribution in [0.1, 0.15) is 20.3 Å². The molecule has 1 saturated heterocycles. The van der Waals surface area contributed by atoms with E-state index in [1.54, 1.807) is 4.90 Å². The van der Waals surface area contributed by atoms with Crippen LogP contribution < -0.4 is 5.32 Å². The van der Waals surface area contributed by atoms with Crippen LogP contribution in [0.3, 0.4) is 0 Å². The highest BCUT2D eigenvalue weighted by Crippen LogP contribution is 2.19. The summed E-state index contributed by atoms with van der Waals surface area (Å²) in [6, 6.07) is 9.35. The number of hydrogen-bond acceptors (Lipinski definition) is 3. The number of likely N-dealkylation sites (tertiary alicyclic amines) is 1. The van der Waals surface area contributed by atoms with Gasteiger partial charge in [0.1, 0.15) is 0 Å². The molecule has 1 heterocycles. The minimum absolute atomic E-state index is 0.0413. The van der Waals surface area contributed by atoms with Crippen LogP contribution in [-0.4, -0.2) is 36.6 Å². The van der Waals surface area contributed by atoms with Crippen molar-refractivity contribution in [2.24, 2.45) is 11.8 Å². The molecule has 0 radical (unpaired) electrons. The van der Waals surface area contributed by atoms with Gasteiger partial charge in [0.25, 0.3) is 0 Å². The van der Waals surface area contributed by atoms with E-state index in [0.29, 0.717) is 32.0 Å². The molecule has 2 amide bonds. The zero-order valence-electron chi connectivity index (χ0n) is 12.5. The van der Waals surface area contributed by atoms with Gasteiger partial charge in [-0.25, -0.2) is 4.79 Å². The van der Waals surface area contributed by atoms with E-state index in [1.807, 2.05) is 44.2 Å². The number of nitrogens with one attached hydrogen (secondary N) is 1. The summed E-state index contributed by atoms with van der Waals surface area (Å²) < 4.78 is 5.19. The van der Waals surface area contributed by atoms with Crippen molar-refractivity contribution in [3.05, 3.63) is 30.3 Å². The lowest BCUT2D eigenvalue weighted by atomic mass is 10.1. The van der Waals surface area contributed by atoms with Crippen LogP contribution in [0, 0.1) is 11.8 Å². The molecule has 1 atom stereocenters. The van der Waals surface area contributed by atoms with Gasteiger partial charge in [0.2, 0.25) is 5.91 Å². The molecule has 5 nitrogen and oxygen atoms in total. The fourth-order valence-electron chi connectivity index (χ4n) is 2.24. The van der Waals surface area contributed by atoms with Crippen molar-refractivity contribution in [2.45, 2.75) is 20.3 Å². The van der Waals surface area contributed by atoms with Crippen molar-refractivity contribution in [1.82, 2.24) is 4.90 Å². The molecule has 1 aliphatic heterocycles. The maximum absolute atomic E-state index is 12.2. The van der Waals surface area contributed by atoms with Gasteiger partial charge in [-0.15, -0.1) is 0 Å². The lowest BCUT2D eigenvalue weighted by Crippen LogP contribution is -2.32. The summed E-state index contributed by atoms with van der Waals surface area (Å²) in [4.78, 5) is 25.6. The normalized spacial score (nSPS) is 17.9. The minimum Gasteiger partial charge on any atom is -0.449 e. The lowest BCUT2D eigenvalue weighted by Gasteiger charge is -2.17. The van der Waals surface area contributed by atoms with Crippen LogP contribution in [0.5, 0.6) is 0 Å². The predicted molar refractivity (Wildman–Crippen MR) is 80.9 cm³/mol. The number of ether oxygens (including phenoxy) is 1. The van der Waals surface area contributed by atoms with Gasteiger partial charge in [-0.3, -0.25) is 4.79 Å². The quantitative estimate of drug-likeness (QED) is 0.927. The molecule has 1 aliphatic rings. The number of carbonyl (C=O) groups excluding carboxylic acids is 2. The van der Waals surface area contributed by atoms with Gasteiger partial charge in [0.05, 0.1) is 12.5 Å². The zero-order valence-corrected chi connectivity index (χ0v) is 12.5. The predicted octanol–water partition coefficient (Wildman–Crippen LogP) is 2.74. The van der Waals surface area contributed by atoms with E-state index in [-0.39, 0.29) is 17.9 Å². The zero-order chi connectivity index (χ0) is 15.2. The molecular formula is C16H22N2O3. The van der Waals surface area contributed by atoms with Crippen LogP contribution in [0.25, 0.3) is 0 Å². The first-order chi connectivity index (χ1) is 10.1. The number of carbonyl (C=O) groups is 2. The molecule has 1 N–H and O–H groups in total. The molecule has 2 rings (SSSR count). The summed E-state index contributed by atoms with van der Waals surface area (Å²) in [5, 5.41) is 2.88. The van der Waals surface area contributed by atoms with Gasteiger partial charge in [-0.05, 0) is 24.5 Å². The fourth-order valence-corrected chi connectivity index (χ4v) is 2.24. The molecule has 0 bridgehead atoms. The summed E-state index contributed by atoms with van der Waals surface area (Å²) in [7, 11) is 0. The lowest BCUT2D eigenvalue weighted by molar-refractivity contribution is -0.119. The first-order valence-corrected chi connectivity index (χ1v) is 7.34. The maximum Gasteiger partial charge on any atom is 0.409 e. The summed E-state index contributed by atoms with van der Waals surface area (Å²) in [6.07, 6.45) is 0.355. The summed E-state index contributed by atoms with van der Waals surface area (Å²) in [6.45, 7) is 5.40. The number of para-hydroxylation sites is 1. The summed E-state index contributed by atoms with van der Waals surface area (Å²) in [5.74, 6) is 0.103. The van der Waals surface area contributed by atoms with Gasteiger partial charge in [0, 0.05) is 18.8 Å². The average Bonchev–Trinajstić information content (AvgIpc) is 2.95. The van der Waals surface area contributed by atoms with Gasteiger partial charge >= 0.3 is 6.09 Å². The van der Waals surface area contributed by atoms with Gasteiger partial charge in [-0.1, -0.05) is 32.0 Å². The molecule has 21 heavy (non-hydrogen) atoms. The van der Waals surface area contributed by atoms with Crippen molar-refractivity contribution in [3.63, 3.8) is 0 Å². The topological polar surface area (TPSA) is 58.6 Å². The van der Waals surface area contributed by atoms with E-state index in [0.717, 1.165) is 5.69 Å². The molecule has 0 spiro atoms. The number of rotatable bonds is 4. The first-order valence-electron chi connectivity index (χ1n) is 7.34. The largest absolute Gasteiger partial charge is 0.449 e. The van der Waals surface area contributed by atoms with Crippen LogP contribution >= 0.6 is 0 Å². The van der Waals surface area contributed by atoms with E-state index >= 15 is 0 Å². The standard InChI is InChI=1S/C16H22N2O3/c1-12(2)11-21-16(20)18-9-8-13(10-18)15(19)17-14-6-4-3-5-7-14/h3-7,12-13H,8-11H2,1-2H3,(H,17,19). The number of anilines is 1. The maximum atomic E-state index is 12.2. The molecular weight excluding hydrogens is 268 g/mol. The van der Waals surface area contributed by atoms with Gasteiger partial charge in [0.15, 0.2) is 0 Å². The Kier molecular flexibility index (Phi) is 5.20. The Morgan fingerprint density at radius 1 is 1.33 bits per heavy atom.